The summed E-state index contributed by atoms with van der Waals surface area (Å²) in [6.45, 7) is 3.37. The molecule has 1 atom stereocenters. The van der Waals surface area contributed by atoms with E-state index in [4.69, 9.17) is 0 Å². The monoisotopic (exact) mass is 225 g/mol. The molecule has 0 spiro atoms. The van der Waals surface area contributed by atoms with Crippen molar-refractivity contribution >= 4 is 0 Å². The highest BCUT2D eigenvalue weighted by molar-refractivity contribution is 4.96. The number of piperidine rings is 1. The van der Waals surface area contributed by atoms with Gasteiger partial charge < -0.3 is 10.4 Å². The first kappa shape index (κ1) is 12.4. The van der Waals surface area contributed by atoms with E-state index < -0.39 is 0 Å². The topological polar surface area (TPSA) is 32.3 Å². The molecule has 2 fully saturated rings. The zero-order chi connectivity index (χ0) is 11.4. The Morgan fingerprint density at radius 2 is 1.94 bits per heavy atom. The van der Waals surface area contributed by atoms with Gasteiger partial charge in [0.05, 0.1) is 5.60 Å². The molecule has 2 nitrogen and oxygen atoms in total. The van der Waals surface area contributed by atoms with Gasteiger partial charge in [0.2, 0.25) is 0 Å². The first-order valence-corrected chi connectivity index (χ1v) is 7.20. The summed E-state index contributed by atoms with van der Waals surface area (Å²) in [5.74, 6) is 0.883. The number of hydrogen-bond donors (Lipinski definition) is 2. The van der Waals surface area contributed by atoms with Gasteiger partial charge in [0.25, 0.3) is 0 Å². The minimum absolute atomic E-state index is 0.379. The molecule has 0 radical (unpaired) electrons. The van der Waals surface area contributed by atoms with Gasteiger partial charge in [-0.3, -0.25) is 0 Å². The van der Waals surface area contributed by atoms with E-state index in [1.165, 1.54) is 44.9 Å². The van der Waals surface area contributed by atoms with Gasteiger partial charge in [-0.15, -0.1) is 0 Å². The largest absolute Gasteiger partial charge is 0.388 e. The molecular weight excluding hydrogens is 198 g/mol. The van der Waals surface area contributed by atoms with Crippen LogP contribution in [-0.4, -0.2) is 23.3 Å². The Morgan fingerprint density at radius 3 is 2.50 bits per heavy atom. The zero-order valence-corrected chi connectivity index (χ0v) is 10.7. The van der Waals surface area contributed by atoms with E-state index in [0.29, 0.717) is 6.04 Å². The molecule has 0 bridgehead atoms. The summed E-state index contributed by atoms with van der Waals surface area (Å²) in [5, 5.41) is 14.2. The van der Waals surface area contributed by atoms with Crippen LogP contribution in [-0.2, 0) is 0 Å². The quantitative estimate of drug-likeness (QED) is 0.774. The molecule has 1 unspecified atom stereocenters. The van der Waals surface area contributed by atoms with Crippen LogP contribution in [0.15, 0.2) is 0 Å². The van der Waals surface area contributed by atoms with Gasteiger partial charge in [-0.1, -0.05) is 26.2 Å². The molecule has 0 aromatic carbocycles. The summed E-state index contributed by atoms with van der Waals surface area (Å²) in [6, 6.07) is 0.379. The molecular formula is C14H27NO. The van der Waals surface area contributed by atoms with Crippen molar-refractivity contribution in [3.63, 3.8) is 0 Å². The van der Waals surface area contributed by atoms with E-state index in [1.807, 2.05) is 0 Å². The van der Waals surface area contributed by atoms with Crippen molar-refractivity contribution in [2.45, 2.75) is 76.4 Å². The molecule has 2 heteroatoms. The van der Waals surface area contributed by atoms with Crippen molar-refractivity contribution in [2.75, 3.05) is 6.54 Å². The van der Waals surface area contributed by atoms with Crippen LogP contribution in [0.3, 0.4) is 0 Å². The molecule has 0 aromatic rings. The maximum atomic E-state index is 10.7. The standard InChI is InChI=1S/C14H27NO/c1-2-5-12-7-9-14(16,10-8-12)13-6-3-4-11-15-13/h12-13,15-16H,2-11H2,1H3. The smallest absolute Gasteiger partial charge is 0.0800 e. The van der Waals surface area contributed by atoms with Gasteiger partial charge in [0, 0.05) is 6.04 Å². The minimum atomic E-state index is -0.384. The highest BCUT2D eigenvalue weighted by Crippen LogP contribution is 2.38. The van der Waals surface area contributed by atoms with Gasteiger partial charge in [-0.25, -0.2) is 0 Å². The first-order chi connectivity index (χ1) is 7.74. The van der Waals surface area contributed by atoms with Crippen molar-refractivity contribution in [1.82, 2.24) is 5.32 Å². The predicted molar refractivity (Wildman–Crippen MR) is 67.5 cm³/mol. The second-order valence-corrected chi connectivity index (χ2v) is 5.84. The third kappa shape index (κ3) is 2.78. The normalized spacial score (nSPS) is 40.9. The third-order valence-corrected chi connectivity index (χ3v) is 4.63. The highest BCUT2D eigenvalue weighted by atomic mass is 16.3. The van der Waals surface area contributed by atoms with Crippen LogP contribution in [0.4, 0.5) is 0 Å². The maximum absolute atomic E-state index is 10.7. The lowest BCUT2D eigenvalue weighted by Crippen LogP contribution is -2.54. The van der Waals surface area contributed by atoms with Gasteiger partial charge >= 0.3 is 0 Å². The van der Waals surface area contributed by atoms with E-state index in [0.717, 1.165) is 25.3 Å². The lowest BCUT2D eigenvalue weighted by atomic mass is 9.72. The second kappa shape index (κ2) is 5.50. The number of nitrogens with one attached hydrogen (secondary N) is 1. The summed E-state index contributed by atoms with van der Waals surface area (Å²) < 4.78 is 0. The molecule has 2 rings (SSSR count). The van der Waals surface area contributed by atoms with Crippen LogP contribution in [0.5, 0.6) is 0 Å². The number of aliphatic hydroxyl groups is 1. The highest BCUT2D eigenvalue weighted by Gasteiger charge is 2.40. The molecule has 2 N–H and O–H groups in total. The fourth-order valence-corrected chi connectivity index (χ4v) is 3.53. The average molecular weight is 225 g/mol. The van der Waals surface area contributed by atoms with Crippen molar-refractivity contribution in [3.05, 3.63) is 0 Å². The molecule has 1 saturated heterocycles. The number of hydrogen-bond acceptors (Lipinski definition) is 2. The van der Waals surface area contributed by atoms with Crippen molar-refractivity contribution in [3.8, 4) is 0 Å². The van der Waals surface area contributed by atoms with Crippen LogP contribution in [0, 0.1) is 5.92 Å². The van der Waals surface area contributed by atoms with Gasteiger partial charge in [0.15, 0.2) is 0 Å². The minimum Gasteiger partial charge on any atom is -0.388 e. The fraction of sp³-hybridized carbons (Fsp3) is 1.00. The molecule has 1 aliphatic carbocycles. The van der Waals surface area contributed by atoms with Crippen molar-refractivity contribution in [1.29, 1.82) is 0 Å². The molecule has 1 aliphatic heterocycles. The molecule has 94 valence electrons. The molecule has 2 aliphatic rings. The Kier molecular flexibility index (Phi) is 4.26. The van der Waals surface area contributed by atoms with Crippen LogP contribution < -0.4 is 5.32 Å². The van der Waals surface area contributed by atoms with Crippen LogP contribution in [0.1, 0.15) is 64.7 Å². The van der Waals surface area contributed by atoms with Gasteiger partial charge in [-0.05, 0) is 51.0 Å². The SMILES string of the molecule is CCCC1CCC(O)(C2CCCCN2)CC1. The maximum Gasteiger partial charge on any atom is 0.0800 e. The summed E-state index contributed by atoms with van der Waals surface area (Å²) in [6.07, 6.45) is 10.9. The zero-order valence-electron chi connectivity index (χ0n) is 10.7. The lowest BCUT2D eigenvalue weighted by molar-refractivity contribution is -0.0485. The summed E-state index contributed by atoms with van der Waals surface area (Å²) in [7, 11) is 0. The predicted octanol–water partition coefficient (Wildman–Crippen LogP) is 2.85. The summed E-state index contributed by atoms with van der Waals surface area (Å²) in [4.78, 5) is 0. The summed E-state index contributed by atoms with van der Waals surface area (Å²) >= 11 is 0. The second-order valence-electron chi connectivity index (χ2n) is 5.84. The van der Waals surface area contributed by atoms with E-state index in [1.54, 1.807) is 0 Å². The Labute approximate surface area is 99.8 Å². The fourth-order valence-electron chi connectivity index (χ4n) is 3.53. The molecule has 16 heavy (non-hydrogen) atoms. The van der Waals surface area contributed by atoms with Crippen molar-refractivity contribution in [2.24, 2.45) is 5.92 Å². The summed E-state index contributed by atoms with van der Waals surface area (Å²) in [5.41, 5.74) is -0.384. The van der Waals surface area contributed by atoms with Crippen LogP contribution in [0.2, 0.25) is 0 Å². The van der Waals surface area contributed by atoms with Crippen LogP contribution in [0.25, 0.3) is 0 Å². The van der Waals surface area contributed by atoms with Crippen LogP contribution >= 0.6 is 0 Å². The molecule has 0 aromatic heterocycles. The first-order valence-electron chi connectivity index (χ1n) is 7.20. The van der Waals surface area contributed by atoms with E-state index in [9.17, 15) is 5.11 Å². The Balaban J connectivity index is 1.84. The molecule has 0 amide bonds. The molecule has 1 saturated carbocycles. The average Bonchev–Trinajstić information content (AvgIpc) is 2.34. The third-order valence-electron chi connectivity index (χ3n) is 4.63. The van der Waals surface area contributed by atoms with Gasteiger partial charge in [0.1, 0.15) is 0 Å². The Bertz CT molecular complexity index is 203. The molecule has 1 heterocycles. The Morgan fingerprint density at radius 1 is 1.19 bits per heavy atom. The number of rotatable bonds is 3. The van der Waals surface area contributed by atoms with E-state index >= 15 is 0 Å². The van der Waals surface area contributed by atoms with Crippen molar-refractivity contribution < 1.29 is 5.11 Å². The van der Waals surface area contributed by atoms with Gasteiger partial charge in [-0.2, -0.15) is 0 Å². The van der Waals surface area contributed by atoms with E-state index in [-0.39, 0.29) is 5.60 Å². The lowest BCUT2D eigenvalue weighted by Gasteiger charge is -2.43. The van der Waals surface area contributed by atoms with E-state index in [2.05, 4.69) is 12.2 Å². The Hall–Kier alpha value is -0.0800.